The van der Waals surface area contributed by atoms with Gasteiger partial charge in [0.05, 0.1) is 6.07 Å². The minimum Gasteiger partial charge on any atom is -0.393 e. The third-order valence-corrected chi connectivity index (χ3v) is 1.98. The fourth-order valence-electron chi connectivity index (χ4n) is 1.18. The smallest absolute Gasteiger partial charge is 0.328 e. The highest BCUT2D eigenvalue weighted by Gasteiger charge is 2.00. The number of aryl methyl sites for hydroxylation is 1. The van der Waals surface area contributed by atoms with Gasteiger partial charge in [-0.2, -0.15) is 5.26 Å². The largest absolute Gasteiger partial charge is 0.393 e. The Morgan fingerprint density at radius 1 is 1.47 bits per heavy atom. The molecule has 80 valence electrons. The van der Waals surface area contributed by atoms with Gasteiger partial charge in [0.25, 0.3) is 5.56 Å². The van der Waals surface area contributed by atoms with Crippen molar-refractivity contribution in [2.24, 2.45) is 0 Å². The van der Waals surface area contributed by atoms with E-state index in [0.29, 0.717) is 19.4 Å². The van der Waals surface area contributed by atoms with Crippen LogP contribution in [0.15, 0.2) is 15.8 Å². The zero-order chi connectivity index (χ0) is 11.3. The quantitative estimate of drug-likeness (QED) is 0.669. The molecule has 0 aliphatic rings. The fourth-order valence-corrected chi connectivity index (χ4v) is 1.18. The van der Waals surface area contributed by atoms with Crippen LogP contribution in [0.3, 0.4) is 0 Å². The minimum absolute atomic E-state index is 0.0230. The predicted octanol–water partition coefficient (Wildman–Crippen LogP) is -0.187. The van der Waals surface area contributed by atoms with Gasteiger partial charge >= 0.3 is 5.69 Å². The molecule has 0 amide bonds. The summed E-state index contributed by atoms with van der Waals surface area (Å²) in [6.45, 7) is 0.460. The van der Waals surface area contributed by atoms with Gasteiger partial charge in [0.2, 0.25) is 0 Å². The number of nitrogens with one attached hydrogen (secondary N) is 1. The summed E-state index contributed by atoms with van der Waals surface area (Å²) in [5.74, 6) is 0. The molecule has 0 saturated heterocycles. The average Bonchev–Trinajstić information content (AvgIpc) is 2.20. The summed E-state index contributed by atoms with van der Waals surface area (Å²) in [5, 5.41) is 8.31. The van der Waals surface area contributed by atoms with Crippen LogP contribution in [0, 0.1) is 11.3 Å². The summed E-state index contributed by atoms with van der Waals surface area (Å²) in [6, 6.07) is 2.02. The maximum atomic E-state index is 11.2. The molecule has 0 aromatic carbocycles. The van der Waals surface area contributed by atoms with E-state index in [1.54, 1.807) is 0 Å². The van der Waals surface area contributed by atoms with Crippen molar-refractivity contribution in [3.63, 3.8) is 0 Å². The van der Waals surface area contributed by atoms with E-state index in [-0.39, 0.29) is 5.69 Å². The summed E-state index contributed by atoms with van der Waals surface area (Å²) >= 11 is 0. The van der Waals surface area contributed by atoms with Gasteiger partial charge in [-0.25, -0.2) is 4.79 Å². The van der Waals surface area contributed by atoms with Gasteiger partial charge in [0.15, 0.2) is 0 Å². The van der Waals surface area contributed by atoms with Crippen LogP contribution in [0.4, 0.5) is 5.69 Å². The van der Waals surface area contributed by atoms with Crippen molar-refractivity contribution in [3.8, 4) is 6.07 Å². The molecule has 0 spiro atoms. The Bertz CT molecular complexity index is 480. The topological polar surface area (TPSA) is 105 Å². The number of aromatic amines is 1. The molecule has 1 aromatic heterocycles. The van der Waals surface area contributed by atoms with Crippen LogP contribution in [-0.2, 0) is 6.54 Å². The minimum atomic E-state index is -0.562. The second kappa shape index (κ2) is 5.00. The highest BCUT2D eigenvalue weighted by atomic mass is 16.2. The van der Waals surface area contributed by atoms with Gasteiger partial charge in [-0.1, -0.05) is 0 Å². The van der Waals surface area contributed by atoms with Crippen LogP contribution in [0.1, 0.15) is 19.3 Å². The third-order valence-electron chi connectivity index (χ3n) is 1.98. The number of nitriles is 1. The molecular formula is C9H12N4O2. The van der Waals surface area contributed by atoms with Crippen molar-refractivity contribution in [1.29, 1.82) is 5.26 Å². The molecule has 0 aliphatic carbocycles. The molecule has 1 heterocycles. The second-order valence-electron chi connectivity index (χ2n) is 3.15. The molecule has 0 aliphatic heterocycles. The van der Waals surface area contributed by atoms with Crippen molar-refractivity contribution < 1.29 is 0 Å². The standard InChI is InChI=1S/C9H12N4O2/c10-4-2-1-3-5-13-6-7(11)8(14)12-9(13)15/h6H,1-3,5,11H2,(H,12,14,15). The van der Waals surface area contributed by atoms with E-state index in [9.17, 15) is 9.59 Å². The average molecular weight is 208 g/mol. The van der Waals surface area contributed by atoms with Crippen molar-refractivity contribution in [3.05, 3.63) is 27.0 Å². The first-order valence-electron chi connectivity index (χ1n) is 4.61. The zero-order valence-electron chi connectivity index (χ0n) is 8.19. The van der Waals surface area contributed by atoms with Crippen molar-refractivity contribution in [2.45, 2.75) is 25.8 Å². The number of rotatable bonds is 4. The summed E-state index contributed by atoms with van der Waals surface area (Å²) in [5.41, 5.74) is 4.36. The van der Waals surface area contributed by atoms with Gasteiger partial charge < -0.3 is 5.73 Å². The maximum absolute atomic E-state index is 11.2. The molecule has 1 aromatic rings. The number of nitrogens with two attached hydrogens (primary N) is 1. The van der Waals surface area contributed by atoms with E-state index in [4.69, 9.17) is 11.0 Å². The lowest BCUT2D eigenvalue weighted by Crippen LogP contribution is -2.31. The van der Waals surface area contributed by atoms with E-state index in [1.807, 2.05) is 6.07 Å². The summed E-state index contributed by atoms with van der Waals surface area (Å²) in [7, 11) is 0. The molecule has 0 unspecified atom stereocenters. The van der Waals surface area contributed by atoms with Gasteiger partial charge in [-0.05, 0) is 12.8 Å². The first-order valence-corrected chi connectivity index (χ1v) is 4.61. The Balaban J connectivity index is 2.71. The van der Waals surface area contributed by atoms with E-state index < -0.39 is 11.2 Å². The highest BCUT2D eigenvalue weighted by Crippen LogP contribution is 1.96. The number of nitrogens with zero attached hydrogens (tertiary/aromatic N) is 2. The van der Waals surface area contributed by atoms with E-state index in [1.165, 1.54) is 10.8 Å². The SMILES string of the molecule is N#CCCCCn1cc(N)c(=O)[nH]c1=O. The monoisotopic (exact) mass is 208 g/mol. The molecular weight excluding hydrogens is 196 g/mol. The lowest BCUT2D eigenvalue weighted by Gasteiger charge is -2.03. The number of hydrogen-bond acceptors (Lipinski definition) is 4. The zero-order valence-corrected chi connectivity index (χ0v) is 8.19. The van der Waals surface area contributed by atoms with Crippen LogP contribution in [0.25, 0.3) is 0 Å². The number of aromatic nitrogens is 2. The summed E-state index contributed by atoms with van der Waals surface area (Å²) in [4.78, 5) is 24.3. The predicted molar refractivity (Wildman–Crippen MR) is 55.2 cm³/mol. The first kappa shape index (κ1) is 11.0. The number of anilines is 1. The number of unbranched alkanes of at least 4 members (excludes halogenated alkanes) is 2. The number of hydrogen-bond donors (Lipinski definition) is 2. The van der Waals surface area contributed by atoms with Gasteiger partial charge in [-0.3, -0.25) is 14.3 Å². The second-order valence-corrected chi connectivity index (χ2v) is 3.15. The van der Waals surface area contributed by atoms with Crippen LogP contribution in [0.5, 0.6) is 0 Å². The molecule has 0 saturated carbocycles. The molecule has 6 nitrogen and oxygen atoms in total. The Morgan fingerprint density at radius 3 is 2.87 bits per heavy atom. The number of H-pyrrole nitrogens is 1. The molecule has 1 rings (SSSR count). The van der Waals surface area contributed by atoms with E-state index in [2.05, 4.69) is 4.98 Å². The maximum Gasteiger partial charge on any atom is 0.328 e. The van der Waals surface area contributed by atoms with Gasteiger partial charge in [0.1, 0.15) is 5.69 Å². The fraction of sp³-hybridized carbons (Fsp3) is 0.444. The van der Waals surface area contributed by atoms with Crippen molar-refractivity contribution in [2.75, 3.05) is 5.73 Å². The Hall–Kier alpha value is -2.03. The van der Waals surface area contributed by atoms with Crippen LogP contribution in [0.2, 0.25) is 0 Å². The van der Waals surface area contributed by atoms with E-state index >= 15 is 0 Å². The summed E-state index contributed by atoms with van der Waals surface area (Å²) < 4.78 is 1.34. The molecule has 0 atom stereocenters. The Labute approximate surface area is 86.0 Å². The molecule has 3 N–H and O–H groups in total. The molecule has 0 bridgehead atoms. The number of nitrogen functional groups attached to an aromatic ring is 1. The lowest BCUT2D eigenvalue weighted by molar-refractivity contribution is 0.586. The van der Waals surface area contributed by atoms with Crippen molar-refractivity contribution in [1.82, 2.24) is 9.55 Å². The summed E-state index contributed by atoms with van der Waals surface area (Å²) in [6.07, 6.45) is 3.22. The molecule has 0 fully saturated rings. The highest BCUT2D eigenvalue weighted by molar-refractivity contribution is 5.30. The third kappa shape index (κ3) is 2.98. The van der Waals surface area contributed by atoms with Crippen LogP contribution in [-0.4, -0.2) is 9.55 Å². The molecule has 0 radical (unpaired) electrons. The lowest BCUT2D eigenvalue weighted by atomic mass is 10.2. The van der Waals surface area contributed by atoms with Crippen LogP contribution < -0.4 is 17.0 Å². The van der Waals surface area contributed by atoms with E-state index in [0.717, 1.165) is 6.42 Å². The Morgan fingerprint density at radius 2 is 2.20 bits per heavy atom. The first-order chi connectivity index (χ1) is 7.15. The van der Waals surface area contributed by atoms with Gasteiger partial charge in [0, 0.05) is 19.2 Å². The van der Waals surface area contributed by atoms with Crippen molar-refractivity contribution >= 4 is 5.69 Å². The molecule has 15 heavy (non-hydrogen) atoms. The normalized spacial score (nSPS) is 9.80. The van der Waals surface area contributed by atoms with Gasteiger partial charge in [-0.15, -0.1) is 0 Å². The van der Waals surface area contributed by atoms with Crippen LogP contribution >= 0.6 is 0 Å². The Kier molecular flexibility index (Phi) is 3.68. The molecule has 6 heteroatoms.